The predicted octanol–water partition coefficient (Wildman–Crippen LogP) is 1.22. The van der Waals surface area contributed by atoms with E-state index in [1.165, 1.54) is 0 Å². The number of hydrogen-bond donors (Lipinski definition) is 12. The van der Waals surface area contributed by atoms with Crippen molar-refractivity contribution in [3.8, 4) is 0 Å². The molecule has 0 radical (unpaired) electrons. The summed E-state index contributed by atoms with van der Waals surface area (Å²) < 4.78 is 0. The average Bonchev–Trinajstić information content (AvgIpc) is 3.37. The second-order valence-corrected chi connectivity index (χ2v) is 19.9. The van der Waals surface area contributed by atoms with Gasteiger partial charge in [-0.15, -0.1) is 0 Å². The first-order chi connectivity index (χ1) is 35.8. The van der Waals surface area contributed by atoms with E-state index in [1.807, 2.05) is 119 Å². The van der Waals surface area contributed by atoms with Crippen molar-refractivity contribution < 1.29 is 43.5 Å². The van der Waals surface area contributed by atoms with Crippen molar-refractivity contribution in [3.05, 3.63) is 108 Å². The van der Waals surface area contributed by atoms with Crippen LogP contribution in [0.4, 0.5) is 0 Å². The van der Waals surface area contributed by atoms with Crippen LogP contribution in [0.25, 0.3) is 0 Å². The molecule has 3 aromatic carbocycles. The highest BCUT2D eigenvalue weighted by Gasteiger charge is 2.33. The maximum atomic E-state index is 14.0. The van der Waals surface area contributed by atoms with Gasteiger partial charge < -0.3 is 65.3 Å². The van der Waals surface area contributed by atoms with Crippen molar-refractivity contribution in [2.75, 3.05) is 19.6 Å². The van der Waals surface area contributed by atoms with Crippen LogP contribution in [-0.4, -0.2) is 120 Å². The molecule has 0 aliphatic carbocycles. The minimum Gasteiger partial charge on any atom is -0.480 e. The Morgan fingerprint density at radius 3 is 1.16 bits per heavy atom. The van der Waals surface area contributed by atoms with Gasteiger partial charge in [0.2, 0.25) is 41.4 Å². The van der Waals surface area contributed by atoms with Crippen molar-refractivity contribution >= 4 is 47.3 Å². The Hall–Kier alpha value is -6.74. The summed E-state index contributed by atoms with van der Waals surface area (Å²) >= 11 is 0. The summed E-state index contributed by atoms with van der Waals surface area (Å²) in [6, 6.07) is 18.9. The van der Waals surface area contributed by atoms with E-state index in [0.717, 1.165) is 16.7 Å². The van der Waals surface area contributed by atoms with E-state index < -0.39 is 95.7 Å². The fourth-order valence-electron chi connectivity index (χ4n) is 8.28. The van der Waals surface area contributed by atoms with Crippen LogP contribution in [-0.2, 0) is 57.6 Å². The number of benzene rings is 3. The molecule has 0 aromatic heterocycles. The first kappa shape index (κ1) is 62.6. The largest absolute Gasteiger partial charge is 0.480 e. The highest BCUT2D eigenvalue weighted by molar-refractivity contribution is 5.96. The van der Waals surface area contributed by atoms with Crippen LogP contribution in [0.2, 0.25) is 0 Å². The predicted molar refractivity (Wildman–Crippen MR) is 288 cm³/mol. The number of carbonyl (C=O) groups is 8. The Bertz CT molecular complexity index is 2240. The maximum absolute atomic E-state index is 14.0. The quantitative estimate of drug-likeness (QED) is 0.0369. The van der Waals surface area contributed by atoms with Gasteiger partial charge in [-0.3, -0.25) is 33.6 Å². The monoisotopic (exact) mass is 1040 g/mol. The third kappa shape index (κ3) is 24.0. The van der Waals surface area contributed by atoms with Gasteiger partial charge in [-0.25, -0.2) is 4.79 Å². The first-order valence-corrected chi connectivity index (χ1v) is 26.2. The minimum atomic E-state index is -1.34. The van der Waals surface area contributed by atoms with E-state index in [9.17, 15) is 43.5 Å². The SMILES string of the molecule is CC(C)C[C@@H](NC(=O)[C@H](N)Cc1ccccc1)C(=O)N[C@H](CCCN)C(=O)NC(CCCCNC(=O)[C@@H](CCCN)NC(=O)[C@@H](CC(C)C)NC(=O)[C@@H](Cc1ccccc1)NC(=O)[C@H](N)Cc1ccccc1)C(=O)O. The molecule has 20 heteroatoms. The van der Waals surface area contributed by atoms with Gasteiger partial charge in [0, 0.05) is 13.0 Å². The number of carbonyl (C=O) groups excluding carboxylic acids is 7. The molecule has 0 spiro atoms. The summed E-state index contributed by atoms with van der Waals surface area (Å²) in [6.07, 6.45) is 2.61. The smallest absolute Gasteiger partial charge is 0.326 e. The van der Waals surface area contributed by atoms with Crippen LogP contribution < -0.4 is 60.2 Å². The third-order valence-corrected chi connectivity index (χ3v) is 12.4. The molecule has 0 aliphatic rings. The standard InChI is InChI=1S/C55H83N11O9/c1-35(2)30-45(64-48(67)40(58)32-37-18-8-5-9-19-37)52(71)62-43(26-17-28-57)51(70)63-44(55(74)75)24-14-15-29-60-50(69)42(25-16-27-56)61-53(72)46(31-36(3)4)66-54(73)47(34-39-22-12-7-13-23-39)65-49(68)41(59)33-38-20-10-6-11-21-38/h5-13,18-23,35-36,40-47H,14-17,24-34,56-59H2,1-4H3,(H,60,69)(H,61,72)(H,62,71)(H,63,70)(H,64,67)(H,65,68)(H,66,73)(H,74,75)/t40-,41-,42-,43-,44?,45-,46-,47-/m1/s1. The summed E-state index contributed by atoms with van der Waals surface area (Å²) in [5, 5.41) is 29.3. The fraction of sp³-hybridized carbons (Fsp3) is 0.527. The molecular weight excluding hydrogens is 959 g/mol. The minimum absolute atomic E-state index is 0.0194. The lowest BCUT2D eigenvalue weighted by Crippen LogP contribution is -2.58. The molecule has 8 atom stereocenters. The molecule has 0 saturated carbocycles. The highest BCUT2D eigenvalue weighted by atomic mass is 16.4. The maximum Gasteiger partial charge on any atom is 0.326 e. The zero-order valence-corrected chi connectivity index (χ0v) is 44.1. The van der Waals surface area contributed by atoms with E-state index in [2.05, 4.69) is 37.2 Å². The van der Waals surface area contributed by atoms with Gasteiger partial charge in [-0.2, -0.15) is 0 Å². The van der Waals surface area contributed by atoms with E-state index in [-0.39, 0.29) is 89.3 Å². The molecule has 75 heavy (non-hydrogen) atoms. The van der Waals surface area contributed by atoms with E-state index in [0.29, 0.717) is 19.3 Å². The highest BCUT2D eigenvalue weighted by Crippen LogP contribution is 2.13. The number of nitrogens with two attached hydrogens (primary N) is 4. The van der Waals surface area contributed by atoms with Crippen LogP contribution in [0, 0.1) is 11.8 Å². The number of aliphatic carboxylic acids is 1. The van der Waals surface area contributed by atoms with Gasteiger partial charge in [-0.1, -0.05) is 119 Å². The zero-order chi connectivity index (χ0) is 55.3. The van der Waals surface area contributed by atoms with Crippen LogP contribution in [0.3, 0.4) is 0 Å². The van der Waals surface area contributed by atoms with Gasteiger partial charge in [0.25, 0.3) is 0 Å². The van der Waals surface area contributed by atoms with Gasteiger partial charge in [0.15, 0.2) is 0 Å². The molecule has 1 unspecified atom stereocenters. The number of carboxylic acids is 1. The lowest BCUT2D eigenvalue weighted by atomic mass is 10.00. The molecule has 3 rings (SSSR count). The van der Waals surface area contributed by atoms with Gasteiger partial charge in [0.05, 0.1) is 12.1 Å². The van der Waals surface area contributed by atoms with Crippen LogP contribution in [0.1, 0.15) is 102 Å². The molecule has 20 nitrogen and oxygen atoms in total. The molecule has 7 amide bonds. The number of unbranched alkanes of at least 4 members (excludes halogenated alkanes) is 1. The van der Waals surface area contributed by atoms with E-state index in [1.54, 1.807) is 0 Å². The fourth-order valence-corrected chi connectivity index (χ4v) is 8.28. The van der Waals surface area contributed by atoms with E-state index in [4.69, 9.17) is 22.9 Å². The molecule has 412 valence electrons. The number of amides is 7. The molecule has 3 aromatic rings. The Morgan fingerprint density at radius 2 is 0.747 bits per heavy atom. The lowest BCUT2D eigenvalue weighted by Gasteiger charge is -2.27. The lowest BCUT2D eigenvalue weighted by molar-refractivity contribution is -0.142. The number of nitrogens with one attached hydrogen (secondary N) is 7. The summed E-state index contributed by atoms with van der Waals surface area (Å²) in [5.41, 5.74) is 26.5. The van der Waals surface area contributed by atoms with Gasteiger partial charge in [-0.05, 0) is 112 Å². The van der Waals surface area contributed by atoms with Crippen molar-refractivity contribution in [2.45, 2.75) is 153 Å². The summed E-state index contributed by atoms with van der Waals surface area (Å²) in [6.45, 7) is 8.05. The van der Waals surface area contributed by atoms with E-state index >= 15 is 0 Å². The number of carboxylic acid groups (broad SMARTS) is 1. The number of hydrogen-bond acceptors (Lipinski definition) is 12. The summed E-state index contributed by atoms with van der Waals surface area (Å²) in [5.74, 6) is -5.56. The Morgan fingerprint density at radius 1 is 0.413 bits per heavy atom. The topological polar surface area (TPSA) is 345 Å². The summed E-state index contributed by atoms with van der Waals surface area (Å²) in [4.78, 5) is 108. The van der Waals surface area contributed by atoms with Crippen LogP contribution in [0.5, 0.6) is 0 Å². The van der Waals surface area contributed by atoms with Gasteiger partial charge in [0.1, 0.15) is 36.3 Å². The molecule has 16 N–H and O–H groups in total. The molecule has 0 aliphatic heterocycles. The van der Waals surface area contributed by atoms with Crippen molar-refractivity contribution in [2.24, 2.45) is 34.8 Å². The average molecular weight is 1040 g/mol. The number of rotatable bonds is 35. The zero-order valence-electron chi connectivity index (χ0n) is 44.1. The third-order valence-electron chi connectivity index (χ3n) is 12.4. The van der Waals surface area contributed by atoms with Gasteiger partial charge >= 0.3 is 5.97 Å². The molecule has 0 saturated heterocycles. The Labute approximate surface area is 441 Å². The second-order valence-electron chi connectivity index (χ2n) is 19.9. The van der Waals surface area contributed by atoms with Crippen molar-refractivity contribution in [3.63, 3.8) is 0 Å². The summed E-state index contributed by atoms with van der Waals surface area (Å²) in [7, 11) is 0. The Kier molecular flexibility index (Phi) is 28.3. The normalized spacial score (nSPS) is 14.4. The first-order valence-electron chi connectivity index (χ1n) is 26.2. The van der Waals surface area contributed by atoms with Crippen molar-refractivity contribution in [1.82, 2.24) is 37.2 Å². The molecule has 0 bridgehead atoms. The molecular formula is C55H83N11O9. The van der Waals surface area contributed by atoms with Crippen LogP contribution in [0.15, 0.2) is 91.0 Å². The second kappa shape index (κ2) is 34.0. The van der Waals surface area contributed by atoms with Crippen molar-refractivity contribution in [1.29, 1.82) is 0 Å². The Balaban J connectivity index is 1.62. The van der Waals surface area contributed by atoms with Crippen LogP contribution >= 0.6 is 0 Å². The molecule has 0 heterocycles. The molecule has 0 fully saturated rings.